The number of ether oxygens (including phenoxy) is 3. The topological polar surface area (TPSA) is 165 Å². The molecule has 0 unspecified atom stereocenters. The fourth-order valence-corrected chi connectivity index (χ4v) is 8.60. The number of anilines is 3. The molecule has 1 fully saturated rings. The molecule has 15 heteroatoms. The summed E-state index contributed by atoms with van der Waals surface area (Å²) in [4.78, 5) is 33.5. The van der Waals surface area contributed by atoms with Gasteiger partial charge in [0.1, 0.15) is 17.2 Å². The number of carbonyl (C=O) groups excluding carboxylic acids is 2. The van der Waals surface area contributed by atoms with E-state index in [9.17, 15) is 22.2 Å². The van der Waals surface area contributed by atoms with Crippen LogP contribution in [0.1, 0.15) is 60.8 Å². The van der Waals surface area contributed by atoms with Gasteiger partial charge in [0.15, 0.2) is 11.5 Å². The minimum absolute atomic E-state index is 0.0285. The number of amides is 2. The second-order valence-electron chi connectivity index (χ2n) is 15.5. The maximum atomic E-state index is 13.5. The molecule has 1 aliphatic rings. The number of carbonyl (C=O) groups is 2. The zero-order valence-electron chi connectivity index (χ0n) is 34.2. The quantitative estimate of drug-likeness (QED) is 0.0881. The van der Waals surface area contributed by atoms with Crippen LogP contribution in [0.3, 0.4) is 0 Å². The van der Waals surface area contributed by atoms with Crippen molar-refractivity contribution in [2.75, 3.05) is 67.0 Å². The van der Waals surface area contributed by atoms with E-state index in [2.05, 4.69) is 25.2 Å². The Morgan fingerprint density at radius 1 is 0.847 bits per heavy atom. The molecule has 312 valence electrons. The summed E-state index contributed by atoms with van der Waals surface area (Å²) in [5.41, 5.74) is 3.68. The highest BCUT2D eigenvalue weighted by molar-refractivity contribution is 7.92. The third-order valence-electron chi connectivity index (χ3n) is 9.95. The Morgan fingerprint density at radius 3 is 2.25 bits per heavy atom. The summed E-state index contributed by atoms with van der Waals surface area (Å²) in [5, 5.41) is 7.27. The van der Waals surface area contributed by atoms with Gasteiger partial charge in [0.05, 0.1) is 43.1 Å². The van der Waals surface area contributed by atoms with E-state index < -0.39 is 26.9 Å². The predicted molar refractivity (Wildman–Crippen MR) is 235 cm³/mol. The van der Waals surface area contributed by atoms with Crippen LogP contribution in [0.4, 0.5) is 21.9 Å². The van der Waals surface area contributed by atoms with Crippen molar-refractivity contribution in [1.29, 1.82) is 0 Å². The summed E-state index contributed by atoms with van der Waals surface area (Å²) in [7, 11) is -1.39. The number of aromatic nitrogens is 1. The van der Waals surface area contributed by atoms with Gasteiger partial charge in [-0.3, -0.25) is 18.7 Å². The summed E-state index contributed by atoms with van der Waals surface area (Å²) < 4.78 is 56.1. The lowest BCUT2D eigenvalue weighted by atomic mass is 9.86. The van der Waals surface area contributed by atoms with Gasteiger partial charge in [-0.05, 0) is 72.0 Å². The number of ketones is 1. The summed E-state index contributed by atoms with van der Waals surface area (Å²) >= 11 is 0. The summed E-state index contributed by atoms with van der Waals surface area (Å²) in [5.74, 6) is 3.26. The van der Waals surface area contributed by atoms with Crippen LogP contribution in [0.25, 0.3) is 10.8 Å². The molecule has 2 amide bonds. The first-order valence-corrected chi connectivity index (χ1v) is 22.7. The van der Waals surface area contributed by atoms with Crippen LogP contribution in [0.5, 0.6) is 23.0 Å². The molecule has 5 aromatic rings. The smallest absolute Gasteiger partial charge is 0.323 e. The number of pyridine rings is 1. The Morgan fingerprint density at radius 2 is 1.56 bits per heavy atom. The highest BCUT2D eigenvalue weighted by Gasteiger charge is 2.23. The van der Waals surface area contributed by atoms with Gasteiger partial charge in [-0.15, -0.1) is 0 Å². The minimum Gasteiger partial charge on any atom is -0.496 e. The fraction of sp³-hybridized carbons (Fsp3) is 0.341. The van der Waals surface area contributed by atoms with Crippen molar-refractivity contribution < 1.29 is 36.4 Å². The second kappa shape index (κ2) is 18.6. The third-order valence-corrected chi connectivity index (χ3v) is 11.8. The lowest BCUT2D eigenvalue weighted by molar-refractivity contribution is 0.0972. The lowest BCUT2D eigenvalue weighted by Gasteiger charge is -2.25. The SMILES string of the molecule is COc1cc(Cc2cc(Oc3ccc(NC(=O)Nc4cc(C(C)(C)C)cc(NS(C)(=O)=O)c4OC)c4ccccc34)ccn2)ccc1C(=O)CCCN1CCS(=O)CC1. The standard InChI is InChI=1S/C44H51N5O8S2/c1-44(2,3)30-26-37(42(56-5)38(27-30)48-59(6,53)54)47-43(51)46-36-15-16-40(34-11-8-7-10-33(34)36)57-32-17-18-45-31(28-32)24-29-13-14-35(41(25-29)55-4)39(50)12-9-19-49-20-22-58(52)23-21-49/h7-8,10-11,13-18,25-28,48H,9,12,19-24H2,1-6H3,(H2,46,47,51). The van der Waals surface area contributed by atoms with Crippen molar-refractivity contribution in [2.45, 2.75) is 45.4 Å². The summed E-state index contributed by atoms with van der Waals surface area (Å²) in [6.07, 6.45) is 4.35. The molecule has 0 radical (unpaired) electrons. The monoisotopic (exact) mass is 841 g/mol. The first-order valence-electron chi connectivity index (χ1n) is 19.3. The molecule has 4 aromatic carbocycles. The van der Waals surface area contributed by atoms with Crippen molar-refractivity contribution >= 4 is 60.5 Å². The third kappa shape index (κ3) is 11.4. The van der Waals surface area contributed by atoms with E-state index in [1.165, 1.54) is 7.11 Å². The van der Waals surface area contributed by atoms with E-state index in [4.69, 9.17) is 14.2 Å². The van der Waals surface area contributed by atoms with Crippen molar-refractivity contribution in [1.82, 2.24) is 9.88 Å². The number of benzene rings is 4. The Bertz CT molecular complexity index is 2480. The van der Waals surface area contributed by atoms with Crippen LogP contribution in [0, 0.1) is 0 Å². The zero-order valence-corrected chi connectivity index (χ0v) is 35.8. The summed E-state index contributed by atoms with van der Waals surface area (Å²) in [6.45, 7) is 8.38. The number of fused-ring (bicyclic) bond motifs is 1. The molecule has 1 saturated heterocycles. The van der Waals surface area contributed by atoms with E-state index in [0.717, 1.165) is 59.9 Å². The maximum absolute atomic E-state index is 13.5. The lowest BCUT2D eigenvalue weighted by Crippen LogP contribution is -2.38. The van der Waals surface area contributed by atoms with Crippen LogP contribution in [-0.2, 0) is 32.7 Å². The van der Waals surface area contributed by atoms with Crippen molar-refractivity contribution in [3.8, 4) is 23.0 Å². The summed E-state index contributed by atoms with van der Waals surface area (Å²) in [6, 6.07) is 23.2. The number of rotatable bonds is 15. The zero-order chi connectivity index (χ0) is 42.3. The average Bonchev–Trinajstić information content (AvgIpc) is 3.18. The molecule has 0 spiro atoms. The van der Waals surface area contributed by atoms with Crippen LogP contribution in [0.2, 0.25) is 0 Å². The van der Waals surface area contributed by atoms with Crippen LogP contribution in [0.15, 0.2) is 85.1 Å². The van der Waals surface area contributed by atoms with E-state index >= 15 is 0 Å². The highest BCUT2D eigenvalue weighted by Crippen LogP contribution is 2.40. The Kier molecular flexibility index (Phi) is 13.6. The Balaban J connectivity index is 1.14. The molecule has 0 aliphatic carbocycles. The van der Waals surface area contributed by atoms with E-state index in [-0.39, 0.29) is 22.6 Å². The number of sulfonamides is 1. The average molecular weight is 842 g/mol. The number of Topliss-reactive ketones (excluding diaryl/α,β-unsaturated/α-hetero) is 1. The van der Waals surface area contributed by atoms with Gasteiger partial charge in [-0.25, -0.2) is 13.2 Å². The van der Waals surface area contributed by atoms with Gasteiger partial charge in [-0.2, -0.15) is 0 Å². The molecular formula is C44H51N5O8S2. The second-order valence-corrected chi connectivity index (χ2v) is 18.9. The molecule has 0 saturated carbocycles. The fourth-order valence-electron chi connectivity index (χ4n) is 6.92. The van der Waals surface area contributed by atoms with E-state index in [1.54, 1.807) is 43.6 Å². The molecule has 1 aliphatic heterocycles. The molecule has 13 nitrogen and oxygen atoms in total. The molecule has 6 rings (SSSR count). The number of methoxy groups -OCH3 is 2. The van der Waals surface area contributed by atoms with Gasteiger partial charge < -0.3 is 29.7 Å². The van der Waals surface area contributed by atoms with Crippen LogP contribution >= 0.6 is 0 Å². The molecule has 3 N–H and O–H groups in total. The normalized spacial score (nSPS) is 13.8. The van der Waals surface area contributed by atoms with Gasteiger partial charge >= 0.3 is 6.03 Å². The van der Waals surface area contributed by atoms with Gasteiger partial charge in [0, 0.05) is 77.0 Å². The molecular weight excluding hydrogens is 791 g/mol. The number of nitrogens with one attached hydrogen (secondary N) is 3. The molecule has 1 aromatic heterocycles. The van der Waals surface area contributed by atoms with Crippen molar-refractivity contribution in [2.24, 2.45) is 0 Å². The molecule has 2 heterocycles. The first kappa shape index (κ1) is 43.1. The van der Waals surface area contributed by atoms with Crippen LogP contribution in [-0.4, -0.2) is 85.9 Å². The molecule has 59 heavy (non-hydrogen) atoms. The van der Waals surface area contributed by atoms with E-state index in [0.29, 0.717) is 58.5 Å². The van der Waals surface area contributed by atoms with Crippen LogP contribution < -0.4 is 29.6 Å². The maximum Gasteiger partial charge on any atom is 0.323 e. The van der Waals surface area contributed by atoms with Gasteiger partial charge in [0.25, 0.3) is 0 Å². The molecule has 0 bridgehead atoms. The number of urea groups is 1. The predicted octanol–water partition coefficient (Wildman–Crippen LogP) is 7.98. The minimum atomic E-state index is -3.64. The van der Waals surface area contributed by atoms with Gasteiger partial charge in [-0.1, -0.05) is 51.1 Å². The first-order chi connectivity index (χ1) is 28.1. The number of hydrogen-bond donors (Lipinski definition) is 3. The van der Waals surface area contributed by atoms with Gasteiger partial charge in [0.2, 0.25) is 10.0 Å². The van der Waals surface area contributed by atoms with Crippen molar-refractivity contribution in [3.05, 3.63) is 107 Å². The Labute approximate surface area is 348 Å². The molecule has 0 atom stereocenters. The largest absolute Gasteiger partial charge is 0.496 e. The number of hydrogen-bond acceptors (Lipinski definition) is 10. The van der Waals surface area contributed by atoms with E-state index in [1.807, 2.05) is 69.3 Å². The number of nitrogens with zero attached hydrogens (tertiary/aromatic N) is 2. The highest BCUT2D eigenvalue weighted by atomic mass is 32.2. The Hall–Kier alpha value is -5.51. The van der Waals surface area contributed by atoms with Crippen molar-refractivity contribution in [3.63, 3.8) is 0 Å².